The molecule has 36 heavy (non-hydrogen) atoms. The van der Waals surface area contributed by atoms with Gasteiger partial charge in [-0.2, -0.15) is 0 Å². The Morgan fingerprint density at radius 2 is 1.53 bits per heavy atom. The van der Waals surface area contributed by atoms with Crippen molar-refractivity contribution in [3.63, 3.8) is 0 Å². The second kappa shape index (κ2) is 11.6. The largest absolute Gasteiger partial charge is 0.497 e. The van der Waals surface area contributed by atoms with Crippen LogP contribution < -0.4 is 14.4 Å². The van der Waals surface area contributed by atoms with Crippen molar-refractivity contribution in [1.29, 1.82) is 0 Å². The molecule has 3 rings (SSSR count). The molecule has 0 fully saturated rings. The SMILES string of the molecule is COc1ccc([C@H](CC(C)C)NC(=O)CN(c2ccc(C)cc2C)S(=O)(=O)c2ccc(C)cc2)cc1. The highest BCUT2D eigenvalue weighted by Gasteiger charge is 2.29. The number of methoxy groups -OCH3 is 1. The van der Waals surface area contributed by atoms with Crippen LogP contribution in [0.4, 0.5) is 5.69 Å². The molecule has 6 nitrogen and oxygen atoms in total. The molecule has 0 heterocycles. The molecule has 0 aliphatic carbocycles. The van der Waals surface area contributed by atoms with Crippen molar-refractivity contribution >= 4 is 21.6 Å². The molecular weight excluding hydrogens is 472 g/mol. The van der Waals surface area contributed by atoms with Gasteiger partial charge < -0.3 is 10.1 Å². The topological polar surface area (TPSA) is 75.7 Å². The first-order chi connectivity index (χ1) is 17.0. The van der Waals surface area contributed by atoms with Gasteiger partial charge in [0.15, 0.2) is 0 Å². The van der Waals surface area contributed by atoms with E-state index in [2.05, 4.69) is 19.2 Å². The Labute approximate surface area is 215 Å². The number of amides is 1. The Morgan fingerprint density at radius 1 is 0.917 bits per heavy atom. The number of anilines is 1. The van der Waals surface area contributed by atoms with Crippen LogP contribution in [0, 0.1) is 26.7 Å². The van der Waals surface area contributed by atoms with Gasteiger partial charge in [0.25, 0.3) is 10.0 Å². The normalized spacial score (nSPS) is 12.3. The minimum atomic E-state index is -3.98. The second-order valence-electron chi connectivity index (χ2n) is 9.64. The molecule has 3 aromatic carbocycles. The molecule has 0 aromatic heterocycles. The van der Waals surface area contributed by atoms with Gasteiger partial charge in [0.1, 0.15) is 12.3 Å². The second-order valence-corrected chi connectivity index (χ2v) is 11.5. The third-order valence-electron chi connectivity index (χ3n) is 6.08. The van der Waals surface area contributed by atoms with E-state index in [0.717, 1.165) is 28.0 Å². The zero-order valence-corrected chi connectivity index (χ0v) is 22.7. The van der Waals surface area contributed by atoms with E-state index in [1.165, 1.54) is 4.31 Å². The lowest BCUT2D eigenvalue weighted by atomic mass is 9.97. The van der Waals surface area contributed by atoms with Gasteiger partial charge in [-0.1, -0.05) is 61.4 Å². The third-order valence-corrected chi connectivity index (χ3v) is 7.85. The number of aryl methyl sites for hydroxylation is 3. The van der Waals surface area contributed by atoms with E-state index in [1.54, 1.807) is 37.4 Å². The van der Waals surface area contributed by atoms with Crippen molar-refractivity contribution in [1.82, 2.24) is 5.32 Å². The quantitative estimate of drug-likeness (QED) is 0.380. The number of benzene rings is 3. The van der Waals surface area contributed by atoms with E-state index in [-0.39, 0.29) is 23.4 Å². The summed E-state index contributed by atoms with van der Waals surface area (Å²) in [6, 6.07) is 19.5. The lowest BCUT2D eigenvalue weighted by molar-refractivity contribution is -0.120. The molecule has 3 aromatic rings. The maximum atomic E-state index is 13.8. The summed E-state index contributed by atoms with van der Waals surface area (Å²) in [5.74, 6) is 0.690. The molecule has 0 radical (unpaired) electrons. The Hall–Kier alpha value is -3.32. The lowest BCUT2D eigenvalue weighted by Gasteiger charge is -2.28. The molecule has 1 atom stereocenters. The van der Waals surface area contributed by atoms with E-state index < -0.39 is 10.0 Å². The first-order valence-corrected chi connectivity index (χ1v) is 13.5. The summed E-state index contributed by atoms with van der Waals surface area (Å²) in [6.45, 7) is 9.56. The summed E-state index contributed by atoms with van der Waals surface area (Å²) in [5, 5.41) is 3.08. The number of nitrogens with zero attached hydrogens (tertiary/aromatic N) is 1. The van der Waals surface area contributed by atoms with Crippen LogP contribution in [0.1, 0.15) is 48.6 Å². The van der Waals surface area contributed by atoms with Gasteiger partial charge in [-0.15, -0.1) is 0 Å². The first kappa shape index (κ1) is 27.3. The number of carbonyl (C=O) groups excluding carboxylic acids is 1. The number of sulfonamides is 1. The molecular formula is C29H36N2O4S. The molecule has 0 bridgehead atoms. The van der Waals surface area contributed by atoms with Crippen molar-refractivity contribution in [3.8, 4) is 5.75 Å². The predicted octanol–water partition coefficient (Wildman–Crippen LogP) is 5.72. The minimum absolute atomic E-state index is 0.148. The van der Waals surface area contributed by atoms with Crippen molar-refractivity contribution in [2.45, 2.75) is 52.0 Å². The van der Waals surface area contributed by atoms with E-state index in [9.17, 15) is 13.2 Å². The van der Waals surface area contributed by atoms with Crippen LogP contribution in [-0.4, -0.2) is 28.0 Å². The smallest absolute Gasteiger partial charge is 0.264 e. The summed E-state index contributed by atoms with van der Waals surface area (Å²) in [6.07, 6.45) is 0.715. The summed E-state index contributed by atoms with van der Waals surface area (Å²) in [7, 11) is -2.37. The Morgan fingerprint density at radius 3 is 2.08 bits per heavy atom. The highest BCUT2D eigenvalue weighted by molar-refractivity contribution is 7.92. The average Bonchev–Trinajstić information content (AvgIpc) is 2.82. The van der Waals surface area contributed by atoms with Crippen molar-refractivity contribution in [3.05, 3.63) is 89.0 Å². The minimum Gasteiger partial charge on any atom is -0.497 e. The Bertz CT molecular complexity index is 1280. The summed E-state index contributed by atoms with van der Waals surface area (Å²) in [5.41, 5.74) is 4.19. The molecule has 0 saturated heterocycles. The third kappa shape index (κ3) is 6.66. The van der Waals surface area contributed by atoms with Crippen molar-refractivity contribution < 1.29 is 17.9 Å². The molecule has 192 valence electrons. The molecule has 1 N–H and O–H groups in total. The van der Waals surface area contributed by atoms with E-state index in [4.69, 9.17) is 4.74 Å². The van der Waals surface area contributed by atoms with Crippen molar-refractivity contribution in [2.75, 3.05) is 18.0 Å². The molecule has 0 aliphatic rings. The zero-order valence-electron chi connectivity index (χ0n) is 21.9. The van der Waals surface area contributed by atoms with Crippen molar-refractivity contribution in [2.24, 2.45) is 5.92 Å². The van der Waals surface area contributed by atoms with Crippen LogP contribution in [0.25, 0.3) is 0 Å². The number of hydrogen-bond acceptors (Lipinski definition) is 4. The molecule has 1 amide bonds. The van der Waals surface area contributed by atoms with Gasteiger partial charge in [-0.05, 0) is 74.6 Å². The highest BCUT2D eigenvalue weighted by Crippen LogP contribution is 2.29. The van der Waals surface area contributed by atoms with Crippen LogP contribution in [0.2, 0.25) is 0 Å². The fourth-order valence-electron chi connectivity index (χ4n) is 4.18. The van der Waals surface area contributed by atoms with E-state index in [0.29, 0.717) is 18.0 Å². The molecule has 7 heteroatoms. The zero-order chi connectivity index (χ0) is 26.5. The highest BCUT2D eigenvalue weighted by atomic mass is 32.2. The number of rotatable bonds is 10. The average molecular weight is 509 g/mol. The van der Waals surface area contributed by atoms with E-state index >= 15 is 0 Å². The molecule has 0 saturated carbocycles. The van der Waals surface area contributed by atoms with Gasteiger partial charge in [0.05, 0.1) is 23.7 Å². The maximum absolute atomic E-state index is 13.8. The first-order valence-electron chi connectivity index (χ1n) is 12.1. The molecule has 0 spiro atoms. The van der Waals surface area contributed by atoms with Gasteiger partial charge in [0, 0.05) is 0 Å². The summed E-state index contributed by atoms with van der Waals surface area (Å²) < 4.78 is 34.0. The molecule has 0 aliphatic heterocycles. The fourth-order valence-corrected chi connectivity index (χ4v) is 5.66. The van der Waals surface area contributed by atoms with Gasteiger partial charge in [-0.25, -0.2) is 8.42 Å². The van der Waals surface area contributed by atoms with Gasteiger partial charge in [0.2, 0.25) is 5.91 Å². The maximum Gasteiger partial charge on any atom is 0.264 e. The van der Waals surface area contributed by atoms with Crippen LogP contribution in [0.15, 0.2) is 71.6 Å². The Kier molecular flexibility index (Phi) is 8.79. The molecule has 0 unspecified atom stereocenters. The fraction of sp³-hybridized carbons (Fsp3) is 0.345. The number of ether oxygens (including phenoxy) is 1. The summed E-state index contributed by atoms with van der Waals surface area (Å²) in [4.78, 5) is 13.5. The van der Waals surface area contributed by atoms with Gasteiger partial charge >= 0.3 is 0 Å². The van der Waals surface area contributed by atoms with Crippen LogP contribution in [0.5, 0.6) is 5.75 Å². The number of nitrogens with one attached hydrogen (secondary N) is 1. The monoisotopic (exact) mass is 508 g/mol. The summed E-state index contributed by atoms with van der Waals surface area (Å²) >= 11 is 0. The number of hydrogen-bond donors (Lipinski definition) is 1. The van der Waals surface area contributed by atoms with Crippen LogP contribution in [0.3, 0.4) is 0 Å². The van der Waals surface area contributed by atoms with Crippen LogP contribution in [-0.2, 0) is 14.8 Å². The Balaban J connectivity index is 1.95. The lowest BCUT2D eigenvalue weighted by Crippen LogP contribution is -2.42. The number of carbonyl (C=O) groups is 1. The standard InChI is InChI=1S/C29H36N2O4S/c1-20(2)17-27(24-10-12-25(35-6)13-11-24)30-29(32)19-31(28-16-9-22(4)18-23(28)5)36(33,34)26-14-7-21(3)8-15-26/h7-16,18,20,27H,17,19H2,1-6H3,(H,30,32)/t27-/m0/s1. The predicted molar refractivity (Wildman–Crippen MR) is 145 cm³/mol. The van der Waals surface area contributed by atoms with Gasteiger partial charge in [-0.3, -0.25) is 9.10 Å². The van der Waals surface area contributed by atoms with E-state index in [1.807, 2.05) is 57.2 Å². The van der Waals surface area contributed by atoms with Crippen LogP contribution >= 0.6 is 0 Å².